The molecule has 0 aliphatic carbocycles. The third-order valence-corrected chi connectivity index (χ3v) is 6.14. The molecule has 1 aromatic heterocycles. The highest BCUT2D eigenvalue weighted by Crippen LogP contribution is 2.35. The number of benzene rings is 3. The zero-order valence-corrected chi connectivity index (χ0v) is 16.9. The van der Waals surface area contributed by atoms with Gasteiger partial charge < -0.3 is 9.47 Å². The van der Waals surface area contributed by atoms with Crippen LogP contribution in [0.15, 0.2) is 72.8 Å². The fourth-order valence-electron chi connectivity index (χ4n) is 4.52. The lowest BCUT2D eigenvalue weighted by Gasteiger charge is -2.28. The van der Waals surface area contributed by atoms with Crippen LogP contribution >= 0.6 is 0 Å². The van der Waals surface area contributed by atoms with Gasteiger partial charge in [-0.05, 0) is 54.7 Å². The van der Waals surface area contributed by atoms with Crippen LogP contribution in [0.3, 0.4) is 0 Å². The van der Waals surface area contributed by atoms with Crippen LogP contribution in [-0.2, 0) is 13.0 Å². The highest BCUT2D eigenvalue weighted by atomic mass is 16.2. The molecular weight excluding hydrogens is 356 g/mol. The smallest absolute Gasteiger partial charge is 0.275 e. The minimum atomic E-state index is 0.0987. The molecule has 3 heteroatoms. The Morgan fingerprint density at radius 3 is 2.28 bits per heavy atom. The van der Waals surface area contributed by atoms with Gasteiger partial charge in [-0.3, -0.25) is 4.79 Å². The maximum atomic E-state index is 13.7. The molecule has 1 amide bonds. The molecule has 0 spiro atoms. The third kappa shape index (κ3) is 2.85. The van der Waals surface area contributed by atoms with Crippen LogP contribution < -0.4 is 4.90 Å². The average Bonchev–Trinajstić information content (AvgIpc) is 3.07. The summed E-state index contributed by atoms with van der Waals surface area (Å²) >= 11 is 0. The van der Waals surface area contributed by atoms with E-state index < -0.39 is 0 Å². The Kier molecular flexibility index (Phi) is 4.24. The van der Waals surface area contributed by atoms with Crippen molar-refractivity contribution < 1.29 is 4.79 Å². The second-order valence-electron chi connectivity index (χ2n) is 7.84. The van der Waals surface area contributed by atoms with Crippen molar-refractivity contribution in [3.05, 3.63) is 101 Å². The van der Waals surface area contributed by atoms with Crippen molar-refractivity contribution in [2.75, 3.05) is 11.4 Å². The molecule has 0 unspecified atom stereocenters. The van der Waals surface area contributed by atoms with Gasteiger partial charge in [0.2, 0.25) is 0 Å². The van der Waals surface area contributed by atoms with Crippen LogP contribution in [0.4, 0.5) is 5.69 Å². The van der Waals surface area contributed by atoms with E-state index in [-0.39, 0.29) is 5.91 Å². The number of rotatable bonds is 3. The Morgan fingerprint density at radius 1 is 0.862 bits per heavy atom. The van der Waals surface area contributed by atoms with Crippen molar-refractivity contribution in [3.8, 4) is 0 Å². The fourth-order valence-corrected chi connectivity index (χ4v) is 4.52. The number of fused-ring (bicyclic) bond motifs is 3. The summed E-state index contributed by atoms with van der Waals surface area (Å²) < 4.78 is 2.25. The molecule has 0 N–H and O–H groups in total. The molecule has 0 bridgehead atoms. The molecule has 0 saturated carbocycles. The molecule has 1 aliphatic heterocycles. The number of hydrogen-bond donors (Lipinski definition) is 0. The molecule has 29 heavy (non-hydrogen) atoms. The van der Waals surface area contributed by atoms with Crippen LogP contribution in [0.2, 0.25) is 0 Å². The van der Waals surface area contributed by atoms with E-state index in [1.54, 1.807) is 0 Å². The van der Waals surface area contributed by atoms with Gasteiger partial charge in [-0.15, -0.1) is 0 Å². The summed E-state index contributed by atoms with van der Waals surface area (Å²) in [6, 6.07) is 24.8. The van der Waals surface area contributed by atoms with Crippen LogP contribution in [0.1, 0.15) is 32.7 Å². The normalized spacial score (nSPS) is 13.7. The van der Waals surface area contributed by atoms with E-state index in [0.29, 0.717) is 13.1 Å². The molecule has 144 valence electrons. The molecule has 0 radical (unpaired) electrons. The first-order valence-electron chi connectivity index (χ1n) is 10.2. The van der Waals surface area contributed by atoms with E-state index in [1.807, 2.05) is 41.3 Å². The van der Waals surface area contributed by atoms with Crippen molar-refractivity contribution in [1.29, 1.82) is 0 Å². The zero-order chi connectivity index (χ0) is 20.0. The average molecular weight is 380 g/mol. The first-order chi connectivity index (χ1) is 14.1. The largest absolute Gasteiger partial charge is 0.332 e. The van der Waals surface area contributed by atoms with Gasteiger partial charge in [0.25, 0.3) is 5.91 Å². The van der Waals surface area contributed by atoms with Gasteiger partial charge in [-0.1, -0.05) is 60.7 Å². The molecule has 0 fully saturated rings. The molecular formula is C26H24N2O. The number of hydrogen-bond acceptors (Lipinski definition) is 1. The minimum Gasteiger partial charge on any atom is -0.332 e. The maximum absolute atomic E-state index is 13.7. The number of amides is 1. The molecule has 0 saturated heterocycles. The quantitative estimate of drug-likeness (QED) is 0.460. The zero-order valence-electron chi connectivity index (χ0n) is 16.9. The summed E-state index contributed by atoms with van der Waals surface area (Å²) in [5.41, 5.74) is 7.91. The van der Waals surface area contributed by atoms with Gasteiger partial charge in [-0.2, -0.15) is 0 Å². The van der Waals surface area contributed by atoms with E-state index in [2.05, 4.69) is 54.8 Å². The second-order valence-corrected chi connectivity index (χ2v) is 7.84. The van der Waals surface area contributed by atoms with Gasteiger partial charge in [0.05, 0.1) is 5.52 Å². The van der Waals surface area contributed by atoms with Gasteiger partial charge in [0, 0.05) is 24.2 Å². The molecule has 0 atom stereocenters. The van der Waals surface area contributed by atoms with Crippen molar-refractivity contribution in [3.63, 3.8) is 0 Å². The molecule has 2 heterocycles. The SMILES string of the molecule is Cc1ccc2c3c(n(Cc4ccccc4)c2c1C)C(=O)N(c1ccccc1)CC3. The summed E-state index contributed by atoms with van der Waals surface area (Å²) in [5, 5.41) is 1.22. The lowest BCUT2D eigenvalue weighted by atomic mass is 9.99. The van der Waals surface area contributed by atoms with Crippen LogP contribution in [0.5, 0.6) is 0 Å². The van der Waals surface area contributed by atoms with Gasteiger partial charge in [0.1, 0.15) is 5.69 Å². The van der Waals surface area contributed by atoms with Gasteiger partial charge >= 0.3 is 0 Å². The standard InChI is InChI=1S/C26H24N2O/c1-18-13-14-22-23-15-16-27(21-11-7-4-8-12-21)26(29)25(23)28(24(22)19(18)2)17-20-9-5-3-6-10-20/h3-14H,15-17H2,1-2H3. The van der Waals surface area contributed by atoms with Crippen molar-refractivity contribution in [1.82, 2.24) is 4.57 Å². The Hall–Kier alpha value is -3.33. The van der Waals surface area contributed by atoms with E-state index >= 15 is 0 Å². The van der Waals surface area contributed by atoms with Crippen LogP contribution in [0.25, 0.3) is 10.9 Å². The molecule has 5 rings (SSSR count). The third-order valence-electron chi connectivity index (χ3n) is 6.14. The number of carbonyl (C=O) groups excluding carboxylic acids is 1. The predicted molar refractivity (Wildman–Crippen MR) is 119 cm³/mol. The number of aromatic nitrogens is 1. The number of para-hydroxylation sites is 1. The maximum Gasteiger partial charge on any atom is 0.275 e. The number of anilines is 1. The molecule has 3 nitrogen and oxygen atoms in total. The Labute approximate surface area is 171 Å². The Morgan fingerprint density at radius 2 is 1.55 bits per heavy atom. The lowest BCUT2D eigenvalue weighted by Crippen LogP contribution is -2.38. The highest BCUT2D eigenvalue weighted by Gasteiger charge is 2.32. The number of aryl methyl sites for hydroxylation is 2. The summed E-state index contributed by atoms with van der Waals surface area (Å²) in [5.74, 6) is 0.0987. The number of carbonyl (C=O) groups is 1. The predicted octanol–water partition coefficient (Wildman–Crippen LogP) is 5.51. The highest BCUT2D eigenvalue weighted by molar-refractivity contribution is 6.11. The molecule has 4 aromatic rings. The van der Waals surface area contributed by atoms with E-state index in [1.165, 1.54) is 33.2 Å². The topological polar surface area (TPSA) is 25.2 Å². The fraction of sp³-hybridized carbons (Fsp3) is 0.192. The minimum absolute atomic E-state index is 0.0987. The Bertz CT molecular complexity index is 1210. The van der Waals surface area contributed by atoms with Crippen LogP contribution in [-0.4, -0.2) is 17.0 Å². The second kappa shape index (κ2) is 6.93. The summed E-state index contributed by atoms with van der Waals surface area (Å²) in [6.07, 6.45) is 0.872. The monoisotopic (exact) mass is 380 g/mol. The van der Waals surface area contributed by atoms with Gasteiger partial charge in [0.15, 0.2) is 0 Å². The summed E-state index contributed by atoms with van der Waals surface area (Å²) in [4.78, 5) is 15.6. The molecule has 1 aliphatic rings. The lowest BCUT2D eigenvalue weighted by molar-refractivity contribution is 0.0972. The van der Waals surface area contributed by atoms with Crippen molar-refractivity contribution >= 4 is 22.5 Å². The van der Waals surface area contributed by atoms with E-state index in [0.717, 1.165) is 17.8 Å². The first kappa shape index (κ1) is 17.7. The van der Waals surface area contributed by atoms with Crippen molar-refractivity contribution in [2.24, 2.45) is 0 Å². The summed E-state index contributed by atoms with van der Waals surface area (Å²) in [7, 11) is 0. The van der Waals surface area contributed by atoms with Crippen molar-refractivity contribution in [2.45, 2.75) is 26.8 Å². The van der Waals surface area contributed by atoms with E-state index in [9.17, 15) is 4.79 Å². The van der Waals surface area contributed by atoms with E-state index in [4.69, 9.17) is 0 Å². The van der Waals surface area contributed by atoms with Crippen LogP contribution in [0, 0.1) is 13.8 Å². The number of nitrogens with zero attached hydrogens (tertiary/aromatic N) is 2. The van der Waals surface area contributed by atoms with Gasteiger partial charge in [-0.25, -0.2) is 0 Å². The Balaban J connectivity index is 1.73. The summed E-state index contributed by atoms with van der Waals surface area (Å²) in [6.45, 7) is 5.73. The molecule has 3 aromatic carbocycles. The first-order valence-corrected chi connectivity index (χ1v) is 10.2.